The highest BCUT2D eigenvalue weighted by molar-refractivity contribution is 9.10. The number of aryl methyl sites for hydroxylation is 1. The van der Waals surface area contributed by atoms with E-state index in [0.717, 1.165) is 29.3 Å². The lowest BCUT2D eigenvalue weighted by atomic mass is 9.94. The van der Waals surface area contributed by atoms with E-state index in [0.29, 0.717) is 54.9 Å². The largest absolute Gasteiger partial charge is 0.397 e. The molecule has 4 aromatic rings. The van der Waals surface area contributed by atoms with E-state index in [4.69, 9.17) is 22.3 Å². The van der Waals surface area contributed by atoms with Crippen LogP contribution >= 0.6 is 38.9 Å². The second-order valence-corrected chi connectivity index (χ2v) is 11.6. The molecule has 2 amide bonds. The van der Waals surface area contributed by atoms with Crippen molar-refractivity contribution in [3.63, 3.8) is 0 Å². The van der Waals surface area contributed by atoms with Gasteiger partial charge in [-0.2, -0.15) is 0 Å². The second kappa shape index (κ2) is 10.4. The van der Waals surface area contributed by atoms with E-state index in [9.17, 15) is 9.59 Å². The molecule has 3 heterocycles. The molecular formula is C28H26BrClN4O2S. The van der Waals surface area contributed by atoms with E-state index in [1.165, 1.54) is 11.3 Å². The molecule has 2 aromatic heterocycles. The Morgan fingerprint density at radius 3 is 2.51 bits per heavy atom. The zero-order valence-electron chi connectivity index (χ0n) is 20.5. The molecule has 9 heteroatoms. The summed E-state index contributed by atoms with van der Waals surface area (Å²) in [4.78, 5) is 35.0. The number of pyridine rings is 1. The van der Waals surface area contributed by atoms with Gasteiger partial charge >= 0.3 is 0 Å². The van der Waals surface area contributed by atoms with Crippen molar-refractivity contribution in [1.82, 2.24) is 9.88 Å². The highest BCUT2D eigenvalue weighted by Gasteiger charge is 2.31. The minimum Gasteiger partial charge on any atom is -0.397 e. The monoisotopic (exact) mass is 596 g/mol. The molecule has 1 aliphatic heterocycles. The zero-order chi connectivity index (χ0) is 26.3. The predicted molar refractivity (Wildman–Crippen MR) is 156 cm³/mol. The molecule has 3 N–H and O–H groups in total. The fraction of sp³-hybridized carbons (Fsp3) is 0.250. The molecule has 1 atom stereocenters. The van der Waals surface area contributed by atoms with Gasteiger partial charge in [0.15, 0.2) is 0 Å². The number of carbonyl (C=O) groups is 2. The minimum absolute atomic E-state index is 0.0701. The first kappa shape index (κ1) is 25.7. The second-order valence-electron chi connectivity index (χ2n) is 9.28. The van der Waals surface area contributed by atoms with E-state index < -0.39 is 0 Å². The van der Waals surface area contributed by atoms with Crippen LogP contribution in [0.5, 0.6) is 0 Å². The van der Waals surface area contributed by atoms with E-state index in [2.05, 4.69) is 28.2 Å². The van der Waals surface area contributed by atoms with E-state index in [-0.39, 0.29) is 17.9 Å². The van der Waals surface area contributed by atoms with Crippen molar-refractivity contribution in [3.8, 4) is 11.1 Å². The van der Waals surface area contributed by atoms with Crippen molar-refractivity contribution in [3.05, 3.63) is 74.2 Å². The standard InChI is InChI=1S/C28H26BrClN4O2S/c1-15-5-3-4-14-34(15)28(36)25-24(31)23-22(17-6-8-18(29)9-7-17)21(16(2)32-27(23)37-25)26(35)33-20-12-10-19(30)11-13-20/h6-13,15H,3-5,14,31H2,1-2H3,(H,33,35)/t15-/m0/s1. The Balaban J connectivity index is 1.69. The SMILES string of the molecule is Cc1nc2sc(C(=O)N3CCCC[C@@H]3C)c(N)c2c(-c2ccc(Br)cc2)c1C(=O)Nc1ccc(Cl)cc1. The van der Waals surface area contributed by atoms with Gasteiger partial charge in [-0.15, -0.1) is 11.3 Å². The average molecular weight is 598 g/mol. The fourth-order valence-electron chi connectivity index (χ4n) is 4.86. The summed E-state index contributed by atoms with van der Waals surface area (Å²) in [6.07, 6.45) is 3.08. The van der Waals surface area contributed by atoms with Crippen molar-refractivity contribution in [2.45, 2.75) is 39.2 Å². The topological polar surface area (TPSA) is 88.3 Å². The molecule has 1 saturated heterocycles. The Labute approximate surface area is 233 Å². The van der Waals surface area contributed by atoms with Crippen molar-refractivity contribution in [2.24, 2.45) is 0 Å². The van der Waals surface area contributed by atoms with Gasteiger partial charge in [-0.1, -0.05) is 39.7 Å². The normalized spacial score (nSPS) is 15.7. The number of nitrogens with zero attached hydrogens (tertiary/aromatic N) is 2. The first-order chi connectivity index (χ1) is 17.7. The van der Waals surface area contributed by atoms with Crippen LogP contribution in [0.25, 0.3) is 21.3 Å². The number of amides is 2. The Bertz CT molecular complexity index is 1500. The van der Waals surface area contributed by atoms with Gasteiger partial charge in [0.25, 0.3) is 11.8 Å². The van der Waals surface area contributed by atoms with E-state index in [1.807, 2.05) is 36.1 Å². The maximum atomic E-state index is 13.7. The van der Waals surface area contributed by atoms with Crippen LogP contribution in [0.4, 0.5) is 11.4 Å². The lowest BCUT2D eigenvalue weighted by Gasteiger charge is -2.33. The molecule has 37 heavy (non-hydrogen) atoms. The van der Waals surface area contributed by atoms with Crippen LogP contribution in [-0.2, 0) is 0 Å². The average Bonchev–Trinajstić information content (AvgIpc) is 3.20. The summed E-state index contributed by atoms with van der Waals surface area (Å²) in [6, 6.07) is 14.8. The molecule has 0 unspecified atom stereocenters. The molecule has 0 bridgehead atoms. The molecule has 190 valence electrons. The highest BCUT2D eigenvalue weighted by Crippen LogP contribution is 2.43. The smallest absolute Gasteiger partial charge is 0.266 e. The first-order valence-electron chi connectivity index (χ1n) is 12.1. The lowest BCUT2D eigenvalue weighted by molar-refractivity contribution is 0.0641. The molecule has 0 radical (unpaired) electrons. The van der Waals surface area contributed by atoms with Crippen LogP contribution in [0, 0.1) is 6.92 Å². The third-order valence-electron chi connectivity index (χ3n) is 6.78. The van der Waals surface area contributed by atoms with Gasteiger partial charge in [0, 0.05) is 38.7 Å². The summed E-state index contributed by atoms with van der Waals surface area (Å²) in [5.41, 5.74) is 10.2. The number of halogens is 2. The van der Waals surface area contributed by atoms with Crippen molar-refractivity contribution < 1.29 is 9.59 Å². The van der Waals surface area contributed by atoms with E-state index >= 15 is 0 Å². The summed E-state index contributed by atoms with van der Waals surface area (Å²) in [7, 11) is 0. The number of nitrogens with one attached hydrogen (secondary N) is 1. The summed E-state index contributed by atoms with van der Waals surface area (Å²) in [5.74, 6) is -0.380. The number of hydrogen-bond donors (Lipinski definition) is 2. The van der Waals surface area contributed by atoms with E-state index in [1.54, 1.807) is 24.3 Å². The summed E-state index contributed by atoms with van der Waals surface area (Å²) in [5, 5.41) is 4.17. The molecule has 5 rings (SSSR count). The number of piperidine rings is 1. The van der Waals surface area contributed by atoms with Gasteiger partial charge in [-0.3, -0.25) is 9.59 Å². The molecular weight excluding hydrogens is 572 g/mol. The number of hydrogen-bond acceptors (Lipinski definition) is 5. The van der Waals surface area contributed by atoms with Crippen molar-refractivity contribution >= 4 is 72.3 Å². The number of fused-ring (bicyclic) bond motifs is 1. The highest BCUT2D eigenvalue weighted by atomic mass is 79.9. The molecule has 6 nitrogen and oxygen atoms in total. The number of benzene rings is 2. The van der Waals surface area contributed by atoms with Crippen LogP contribution < -0.4 is 11.1 Å². The summed E-state index contributed by atoms with van der Waals surface area (Å²) in [6.45, 7) is 4.60. The van der Waals surface area contributed by atoms with Gasteiger partial charge in [0.2, 0.25) is 0 Å². The minimum atomic E-state index is -0.310. The van der Waals surface area contributed by atoms with Crippen LogP contribution in [0.15, 0.2) is 53.0 Å². The van der Waals surface area contributed by atoms with Crippen LogP contribution in [-0.4, -0.2) is 34.3 Å². The number of carbonyl (C=O) groups excluding carboxylic acids is 2. The van der Waals surface area contributed by atoms with Gasteiger partial charge < -0.3 is 16.0 Å². The predicted octanol–water partition coefficient (Wildman–Crippen LogP) is 7.54. The zero-order valence-corrected chi connectivity index (χ0v) is 23.6. The molecule has 1 fully saturated rings. The van der Waals surface area contributed by atoms with Crippen LogP contribution in [0.3, 0.4) is 0 Å². The Morgan fingerprint density at radius 2 is 1.84 bits per heavy atom. The lowest BCUT2D eigenvalue weighted by Crippen LogP contribution is -2.41. The Hall–Kier alpha value is -2.94. The van der Waals surface area contributed by atoms with Gasteiger partial charge in [-0.25, -0.2) is 4.98 Å². The molecule has 0 aliphatic carbocycles. The van der Waals surface area contributed by atoms with Gasteiger partial charge in [0.05, 0.1) is 16.9 Å². The van der Waals surface area contributed by atoms with Gasteiger partial charge in [-0.05, 0) is 75.1 Å². The first-order valence-corrected chi connectivity index (χ1v) is 14.1. The summed E-state index contributed by atoms with van der Waals surface area (Å²) >= 11 is 10.8. The number of rotatable bonds is 4. The maximum absolute atomic E-state index is 13.7. The van der Waals surface area contributed by atoms with Crippen molar-refractivity contribution in [2.75, 3.05) is 17.6 Å². The maximum Gasteiger partial charge on any atom is 0.266 e. The number of anilines is 2. The van der Waals surface area contributed by atoms with Gasteiger partial charge in [0.1, 0.15) is 9.71 Å². The van der Waals surface area contributed by atoms with Crippen LogP contribution in [0.2, 0.25) is 5.02 Å². The number of nitrogen functional groups attached to an aromatic ring is 1. The molecule has 0 spiro atoms. The number of thiophene rings is 1. The Kier molecular flexibility index (Phi) is 7.25. The van der Waals surface area contributed by atoms with Crippen molar-refractivity contribution in [1.29, 1.82) is 0 Å². The Morgan fingerprint density at radius 1 is 1.14 bits per heavy atom. The molecule has 0 saturated carbocycles. The molecule has 2 aromatic carbocycles. The number of nitrogens with two attached hydrogens (primary N) is 1. The third-order valence-corrected chi connectivity index (χ3v) is 8.65. The van der Waals surface area contributed by atoms with Crippen LogP contribution in [0.1, 0.15) is 51.9 Å². The fourth-order valence-corrected chi connectivity index (χ4v) is 6.36. The molecule has 1 aliphatic rings. The number of aromatic nitrogens is 1. The quantitative estimate of drug-likeness (QED) is 0.254. The summed E-state index contributed by atoms with van der Waals surface area (Å²) < 4.78 is 0.915. The number of likely N-dealkylation sites (tertiary alicyclic amines) is 1. The third kappa shape index (κ3) is 4.98.